The average molecular weight is 251 g/mol. The van der Waals surface area contributed by atoms with E-state index in [0.29, 0.717) is 5.69 Å². The van der Waals surface area contributed by atoms with Crippen molar-refractivity contribution in [1.82, 2.24) is 4.98 Å². The Labute approximate surface area is 93.7 Å². The van der Waals surface area contributed by atoms with Gasteiger partial charge in [0.25, 0.3) is 0 Å². The van der Waals surface area contributed by atoms with Crippen LogP contribution in [0.1, 0.15) is 21.6 Å². The minimum absolute atomic E-state index is 0.270. The predicted octanol–water partition coefficient (Wildman–Crippen LogP) is 3.01. The molecule has 0 radical (unpaired) electrons. The smallest absolute Gasteiger partial charge is 0.447 e. The number of carbonyl (C=O) groups is 1. The molecule has 0 aliphatic heterocycles. The summed E-state index contributed by atoms with van der Waals surface area (Å²) in [6.45, 7) is 2.96. The molecule has 1 rings (SSSR count). The normalized spacial score (nSPS) is 11.6. The Morgan fingerprint density at radius 1 is 1.44 bits per heavy atom. The molecule has 0 spiro atoms. The Morgan fingerprint density at radius 3 is 2.44 bits per heavy atom. The summed E-state index contributed by atoms with van der Waals surface area (Å²) in [7, 11) is 0. The molecule has 16 heavy (non-hydrogen) atoms. The van der Waals surface area contributed by atoms with Crippen LogP contribution in [0, 0.1) is 13.8 Å². The summed E-state index contributed by atoms with van der Waals surface area (Å²) in [4.78, 5) is 14.4. The van der Waals surface area contributed by atoms with E-state index in [9.17, 15) is 18.0 Å². The molecule has 1 N–H and O–H groups in total. The minimum Gasteiger partial charge on any atom is -0.478 e. The number of carboxylic acid groups (broad SMARTS) is 1. The molecule has 0 bridgehead atoms. The first-order valence-electron chi connectivity index (χ1n) is 4.18. The molecule has 0 aliphatic rings. The lowest BCUT2D eigenvalue weighted by Crippen LogP contribution is -2.09. The van der Waals surface area contributed by atoms with Gasteiger partial charge in [-0.3, -0.25) is 0 Å². The Balaban J connectivity index is 3.30. The summed E-state index contributed by atoms with van der Waals surface area (Å²) in [5.74, 6) is -1.41. The number of halogens is 3. The first-order valence-corrected chi connectivity index (χ1v) is 4.99. The van der Waals surface area contributed by atoms with E-state index in [1.54, 1.807) is 0 Å². The summed E-state index contributed by atoms with van der Waals surface area (Å²) < 4.78 is 36.5. The molecule has 7 heteroatoms. The van der Waals surface area contributed by atoms with Gasteiger partial charge in [0, 0.05) is 17.5 Å². The van der Waals surface area contributed by atoms with Crippen LogP contribution in [0.15, 0.2) is 11.1 Å². The van der Waals surface area contributed by atoms with Crippen molar-refractivity contribution in [3.05, 3.63) is 22.9 Å². The number of thioether (sulfide) groups is 1. The second-order valence-corrected chi connectivity index (χ2v) is 4.17. The largest absolute Gasteiger partial charge is 0.478 e. The monoisotopic (exact) mass is 251 g/mol. The van der Waals surface area contributed by atoms with E-state index in [0.717, 1.165) is 0 Å². The Hall–Kier alpha value is -1.24. The van der Waals surface area contributed by atoms with Gasteiger partial charge >= 0.3 is 11.5 Å². The summed E-state index contributed by atoms with van der Waals surface area (Å²) in [6.07, 6.45) is 0. The quantitative estimate of drug-likeness (QED) is 0.821. The molecule has 0 aromatic carbocycles. The Bertz CT molecular complexity index is 431. The van der Waals surface area contributed by atoms with Gasteiger partial charge in [-0.25, -0.2) is 9.78 Å². The third-order valence-electron chi connectivity index (χ3n) is 1.74. The van der Waals surface area contributed by atoms with Gasteiger partial charge in [0.15, 0.2) is 0 Å². The molecule has 0 atom stereocenters. The fourth-order valence-electron chi connectivity index (χ4n) is 1.25. The van der Waals surface area contributed by atoms with E-state index in [2.05, 4.69) is 4.98 Å². The summed E-state index contributed by atoms with van der Waals surface area (Å²) >= 11 is -0.508. The number of pyridine rings is 1. The Morgan fingerprint density at radius 2 is 2.00 bits per heavy atom. The van der Waals surface area contributed by atoms with Crippen LogP contribution in [-0.4, -0.2) is 21.6 Å². The van der Waals surface area contributed by atoms with E-state index >= 15 is 0 Å². The lowest BCUT2D eigenvalue weighted by molar-refractivity contribution is -0.0329. The van der Waals surface area contributed by atoms with Gasteiger partial charge < -0.3 is 5.11 Å². The highest BCUT2D eigenvalue weighted by Crippen LogP contribution is 2.38. The van der Waals surface area contributed by atoms with Gasteiger partial charge in [-0.05, 0) is 25.5 Å². The van der Waals surface area contributed by atoms with Gasteiger partial charge in [0.05, 0.1) is 5.56 Å². The molecular formula is C9H8F3NO2S. The lowest BCUT2D eigenvalue weighted by atomic mass is 10.1. The number of hydrogen-bond acceptors (Lipinski definition) is 3. The van der Waals surface area contributed by atoms with E-state index in [1.165, 1.54) is 19.9 Å². The average Bonchev–Trinajstić information content (AvgIpc) is 1.96. The van der Waals surface area contributed by atoms with Crippen LogP contribution >= 0.6 is 11.8 Å². The molecule has 88 valence electrons. The highest BCUT2D eigenvalue weighted by atomic mass is 32.2. The summed E-state index contributed by atoms with van der Waals surface area (Å²) in [6, 6.07) is 1.43. The van der Waals surface area contributed by atoms with E-state index in [1.807, 2.05) is 0 Å². The first kappa shape index (κ1) is 12.8. The van der Waals surface area contributed by atoms with Gasteiger partial charge in [-0.2, -0.15) is 13.2 Å². The first-order chi connectivity index (χ1) is 7.20. The molecule has 0 saturated heterocycles. The van der Waals surface area contributed by atoms with Crippen LogP contribution < -0.4 is 0 Å². The standard InChI is InChI=1S/C9H8F3NO2S/c1-4-3-5(2)13-7(6(4)8(14)15)16-9(10,11)12/h3H,1-2H3,(H,14,15). The van der Waals surface area contributed by atoms with Crippen molar-refractivity contribution in [2.24, 2.45) is 0 Å². The number of carboxylic acids is 1. The van der Waals surface area contributed by atoms with Crippen LogP contribution in [0.25, 0.3) is 0 Å². The maximum absolute atomic E-state index is 12.2. The molecule has 0 unspecified atom stereocenters. The highest BCUT2D eigenvalue weighted by molar-refractivity contribution is 8.00. The third-order valence-corrected chi connectivity index (χ3v) is 2.46. The summed E-state index contributed by atoms with van der Waals surface area (Å²) in [5, 5.41) is 8.30. The van der Waals surface area contributed by atoms with Crippen molar-refractivity contribution >= 4 is 17.7 Å². The number of alkyl halides is 3. The second kappa shape index (κ2) is 4.32. The van der Waals surface area contributed by atoms with Crippen molar-refractivity contribution in [3.63, 3.8) is 0 Å². The highest BCUT2D eigenvalue weighted by Gasteiger charge is 2.33. The zero-order valence-electron chi connectivity index (χ0n) is 8.42. The van der Waals surface area contributed by atoms with E-state index in [-0.39, 0.29) is 5.56 Å². The van der Waals surface area contributed by atoms with Gasteiger partial charge in [0.2, 0.25) is 0 Å². The molecule has 0 aliphatic carbocycles. The molecule has 0 fully saturated rings. The number of aryl methyl sites for hydroxylation is 2. The molecule has 1 aromatic rings. The van der Waals surface area contributed by atoms with Crippen molar-refractivity contribution < 1.29 is 23.1 Å². The van der Waals surface area contributed by atoms with Gasteiger partial charge in [-0.1, -0.05) is 0 Å². The fraction of sp³-hybridized carbons (Fsp3) is 0.333. The predicted molar refractivity (Wildman–Crippen MR) is 52.6 cm³/mol. The summed E-state index contributed by atoms with van der Waals surface area (Å²) in [5.41, 5.74) is -4.31. The maximum Gasteiger partial charge on any atom is 0.447 e. The van der Waals surface area contributed by atoms with Crippen LogP contribution in [0.5, 0.6) is 0 Å². The second-order valence-electron chi connectivity index (χ2n) is 3.11. The van der Waals surface area contributed by atoms with Crippen LogP contribution in [-0.2, 0) is 0 Å². The number of nitrogens with zero attached hydrogens (tertiary/aromatic N) is 1. The third kappa shape index (κ3) is 3.13. The van der Waals surface area contributed by atoms with Gasteiger partial charge in [0.1, 0.15) is 5.03 Å². The Kier molecular flexibility index (Phi) is 3.47. The van der Waals surface area contributed by atoms with Crippen molar-refractivity contribution in [3.8, 4) is 0 Å². The van der Waals surface area contributed by atoms with Crippen LogP contribution in [0.2, 0.25) is 0 Å². The van der Waals surface area contributed by atoms with Crippen LogP contribution in [0.4, 0.5) is 13.2 Å². The van der Waals surface area contributed by atoms with Crippen LogP contribution in [0.3, 0.4) is 0 Å². The minimum atomic E-state index is -4.54. The lowest BCUT2D eigenvalue weighted by Gasteiger charge is -2.10. The number of aromatic nitrogens is 1. The number of aromatic carboxylic acids is 1. The number of rotatable bonds is 2. The maximum atomic E-state index is 12.2. The fourth-order valence-corrected chi connectivity index (χ4v) is 2.01. The van der Waals surface area contributed by atoms with E-state index in [4.69, 9.17) is 5.11 Å². The van der Waals surface area contributed by atoms with Crippen molar-refractivity contribution in [2.75, 3.05) is 0 Å². The molecular weight excluding hydrogens is 243 g/mol. The zero-order valence-corrected chi connectivity index (χ0v) is 9.24. The zero-order chi connectivity index (χ0) is 12.5. The molecule has 1 aromatic heterocycles. The van der Waals surface area contributed by atoms with Gasteiger partial charge in [-0.15, -0.1) is 0 Å². The molecule has 3 nitrogen and oxygen atoms in total. The topological polar surface area (TPSA) is 50.2 Å². The molecule has 0 amide bonds. The van der Waals surface area contributed by atoms with E-state index < -0.39 is 33.8 Å². The van der Waals surface area contributed by atoms with Crippen molar-refractivity contribution in [1.29, 1.82) is 0 Å². The molecule has 0 saturated carbocycles. The number of hydrogen-bond donors (Lipinski definition) is 1. The van der Waals surface area contributed by atoms with Crippen molar-refractivity contribution in [2.45, 2.75) is 24.4 Å². The molecule has 1 heterocycles. The SMILES string of the molecule is Cc1cc(C)c(C(=O)O)c(SC(F)(F)F)n1.